The van der Waals surface area contributed by atoms with Crippen molar-refractivity contribution in [3.8, 4) is 0 Å². The van der Waals surface area contributed by atoms with E-state index < -0.39 is 12.0 Å². The summed E-state index contributed by atoms with van der Waals surface area (Å²) in [6.45, 7) is 2.55. The zero-order valence-electron chi connectivity index (χ0n) is 11.6. The van der Waals surface area contributed by atoms with E-state index in [9.17, 15) is 9.59 Å². The zero-order chi connectivity index (χ0) is 13.5. The molecule has 1 heterocycles. The Morgan fingerprint density at radius 3 is 2.74 bits per heavy atom. The Bertz CT molecular complexity index is 336. The molecule has 3 atom stereocenters. The van der Waals surface area contributed by atoms with Crippen LogP contribution in [0.5, 0.6) is 0 Å². The second-order valence-electron chi connectivity index (χ2n) is 4.72. The van der Waals surface area contributed by atoms with Gasteiger partial charge in [0, 0.05) is 31.6 Å². The maximum Gasteiger partial charge on any atom is 0.320 e. The molecule has 6 nitrogen and oxygen atoms in total. The Kier molecular flexibility index (Phi) is 8.73. The van der Waals surface area contributed by atoms with Crippen LogP contribution < -0.4 is 11.1 Å². The van der Waals surface area contributed by atoms with Gasteiger partial charge in [0.1, 0.15) is 12.1 Å². The van der Waals surface area contributed by atoms with E-state index in [-0.39, 0.29) is 36.7 Å². The van der Waals surface area contributed by atoms with Crippen LogP contribution in [0.3, 0.4) is 0 Å². The molecule has 0 bridgehead atoms. The van der Waals surface area contributed by atoms with Crippen LogP contribution in [0.4, 0.5) is 0 Å². The maximum atomic E-state index is 11.7. The molecule has 0 aromatic heterocycles. The van der Waals surface area contributed by atoms with Gasteiger partial charge in [-0.1, -0.05) is 6.92 Å². The Morgan fingerprint density at radius 1 is 1.53 bits per heavy atom. The van der Waals surface area contributed by atoms with E-state index in [1.807, 2.05) is 6.92 Å². The summed E-state index contributed by atoms with van der Waals surface area (Å²) in [5.41, 5.74) is 5.37. The molecule has 0 spiro atoms. The summed E-state index contributed by atoms with van der Waals surface area (Å²) in [7, 11) is 0. The predicted molar refractivity (Wildman–Crippen MR) is 74.3 cm³/mol. The summed E-state index contributed by atoms with van der Waals surface area (Å²) < 4.78 is 0. The monoisotopic (exact) mass is 262 g/mol. The van der Waals surface area contributed by atoms with Crippen molar-refractivity contribution in [3.63, 3.8) is 0 Å². The summed E-state index contributed by atoms with van der Waals surface area (Å²) in [4.78, 5) is 26.3. The number of nitrogens with zero attached hydrogens (tertiary/aromatic N) is 1. The van der Waals surface area contributed by atoms with E-state index in [1.165, 1.54) is 0 Å². The molecule has 0 saturated heterocycles. The first-order valence-corrected chi connectivity index (χ1v) is 6.30. The molecule has 1 rings (SSSR count). The third-order valence-corrected chi connectivity index (χ3v) is 3.11. The number of amides is 1. The number of aliphatic imine (C=N–C) groups is 1. The van der Waals surface area contributed by atoms with E-state index >= 15 is 0 Å². The number of carboxylic acid groups (broad SMARTS) is 1. The number of unbranched alkanes of at least 4 members (excludes halogenated alkanes) is 1. The summed E-state index contributed by atoms with van der Waals surface area (Å²) in [5, 5.41) is 11.4. The maximum absolute atomic E-state index is 11.7. The largest absolute Gasteiger partial charge is 0.480 e. The van der Waals surface area contributed by atoms with Gasteiger partial charge >= 0.3 is 5.97 Å². The predicted octanol–water partition coefficient (Wildman–Crippen LogP) is -0.217. The van der Waals surface area contributed by atoms with E-state index in [0.29, 0.717) is 19.4 Å². The first-order chi connectivity index (χ1) is 8.52. The molecule has 1 amide bonds. The molecule has 0 aromatic rings. The molecule has 1 radical (unpaired) electrons. The van der Waals surface area contributed by atoms with Crippen molar-refractivity contribution in [2.75, 3.05) is 6.54 Å². The van der Waals surface area contributed by atoms with Gasteiger partial charge in [-0.3, -0.25) is 14.6 Å². The normalized spacial score (nSPS) is 22.6. The van der Waals surface area contributed by atoms with Crippen molar-refractivity contribution < 1.29 is 14.7 Å². The van der Waals surface area contributed by atoms with Gasteiger partial charge in [-0.2, -0.15) is 0 Å². The standard InChI is InChI=1S/C12H21N3O3.Li/c1-8-5-7-14-10(8)11(16)15-6-3-2-4-9(13)12(17)18;/h7-10H,2-6,13H2,1H3,(H,15,16)(H,17,18);/t8-,9+,10-;/m1./s1. The van der Waals surface area contributed by atoms with Crippen LogP contribution in [-0.4, -0.2) is 60.7 Å². The van der Waals surface area contributed by atoms with Crippen molar-refractivity contribution in [3.05, 3.63) is 0 Å². The molecular formula is C12H21LiN3O3. The number of nitrogens with one attached hydrogen (secondary N) is 1. The average molecular weight is 262 g/mol. The van der Waals surface area contributed by atoms with Gasteiger partial charge in [0.25, 0.3) is 0 Å². The molecule has 0 aliphatic carbocycles. The molecule has 19 heavy (non-hydrogen) atoms. The van der Waals surface area contributed by atoms with Crippen LogP contribution in [0.15, 0.2) is 4.99 Å². The SMILES string of the molecule is C[C@@H]1CC=N[C@H]1C(=O)NCCCC[C@H](N)C(=O)O.[Li]. The van der Waals surface area contributed by atoms with E-state index in [2.05, 4.69) is 10.3 Å². The van der Waals surface area contributed by atoms with E-state index in [1.54, 1.807) is 6.21 Å². The number of hydrogen-bond donors (Lipinski definition) is 3. The molecule has 7 heteroatoms. The fraction of sp³-hybridized carbons (Fsp3) is 0.750. The Morgan fingerprint density at radius 2 is 2.21 bits per heavy atom. The van der Waals surface area contributed by atoms with E-state index in [0.717, 1.165) is 12.8 Å². The zero-order valence-corrected chi connectivity index (χ0v) is 11.6. The van der Waals surface area contributed by atoms with Crippen LogP contribution >= 0.6 is 0 Å². The second-order valence-corrected chi connectivity index (χ2v) is 4.72. The quantitative estimate of drug-likeness (QED) is 0.436. The van der Waals surface area contributed by atoms with Gasteiger partial charge < -0.3 is 16.2 Å². The summed E-state index contributed by atoms with van der Waals surface area (Å²) in [6.07, 6.45) is 4.50. The van der Waals surface area contributed by atoms with E-state index in [4.69, 9.17) is 10.8 Å². The van der Waals surface area contributed by atoms with Crippen LogP contribution in [-0.2, 0) is 9.59 Å². The minimum atomic E-state index is -0.979. The van der Waals surface area contributed by atoms with Crippen molar-refractivity contribution >= 4 is 37.0 Å². The topological polar surface area (TPSA) is 105 Å². The Labute approximate surface area is 125 Å². The van der Waals surface area contributed by atoms with Gasteiger partial charge in [-0.15, -0.1) is 0 Å². The van der Waals surface area contributed by atoms with Crippen molar-refractivity contribution in [2.45, 2.75) is 44.7 Å². The van der Waals surface area contributed by atoms with Gasteiger partial charge in [0.15, 0.2) is 0 Å². The molecule has 0 unspecified atom stereocenters. The first-order valence-electron chi connectivity index (χ1n) is 6.30. The molecule has 0 aromatic carbocycles. The fourth-order valence-electron chi connectivity index (χ4n) is 1.87. The molecule has 1 aliphatic heterocycles. The minimum Gasteiger partial charge on any atom is -0.480 e. The number of hydrogen-bond acceptors (Lipinski definition) is 4. The minimum absolute atomic E-state index is 0. The molecule has 4 N–H and O–H groups in total. The number of aliphatic carboxylic acids is 1. The van der Waals surface area contributed by atoms with Gasteiger partial charge in [0.2, 0.25) is 5.91 Å². The third kappa shape index (κ3) is 6.24. The van der Waals surface area contributed by atoms with Crippen molar-refractivity contribution in [1.82, 2.24) is 5.32 Å². The number of nitrogens with two attached hydrogens (primary N) is 1. The second kappa shape index (κ2) is 9.13. The van der Waals surface area contributed by atoms with Crippen LogP contribution in [0.1, 0.15) is 32.6 Å². The summed E-state index contributed by atoms with van der Waals surface area (Å²) >= 11 is 0. The molecule has 103 valence electrons. The molecule has 0 saturated carbocycles. The Hall–Kier alpha value is -0.833. The average Bonchev–Trinajstić information content (AvgIpc) is 2.74. The number of rotatable bonds is 7. The third-order valence-electron chi connectivity index (χ3n) is 3.11. The summed E-state index contributed by atoms with van der Waals surface area (Å²) in [6, 6.07) is -1.06. The summed E-state index contributed by atoms with van der Waals surface area (Å²) in [5.74, 6) is -0.752. The smallest absolute Gasteiger partial charge is 0.320 e. The first kappa shape index (κ1) is 18.2. The van der Waals surface area contributed by atoms with Crippen LogP contribution in [0, 0.1) is 5.92 Å². The van der Waals surface area contributed by atoms with Gasteiger partial charge in [0.05, 0.1) is 0 Å². The van der Waals surface area contributed by atoms with Gasteiger partial charge in [-0.05, 0) is 31.6 Å². The number of carbonyl (C=O) groups is 2. The van der Waals surface area contributed by atoms with Crippen LogP contribution in [0.25, 0.3) is 0 Å². The fourth-order valence-corrected chi connectivity index (χ4v) is 1.87. The molecule has 0 fully saturated rings. The molecule has 1 aliphatic rings. The Balaban J connectivity index is 0.00000324. The molecular weight excluding hydrogens is 241 g/mol. The van der Waals surface area contributed by atoms with Crippen LogP contribution in [0.2, 0.25) is 0 Å². The van der Waals surface area contributed by atoms with Crippen molar-refractivity contribution in [2.24, 2.45) is 16.6 Å². The number of carboxylic acids is 1. The van der Waals surface area contributed by atoms with Crippen molar-refractivity contribution in [1.29, 1.82) is 0 Å². The van der Waals surface area contributed by atoms with Gasteiger partial charge in [-0.25, -0.2) is 0 Å². The number of carbonyl (C=O) groups excluding carboxylic acids is 1.